The zero-order valence-corrected chi connectivity index (χ0v) is 18.2. The Hall–Kier alpha value is -2.96. The van der Waals surface area contributed by atoms with E-state index in [0.29, 0.717) is 35.0 Å². The van der Waals surface area contributed by atoms with Gasteiger partial charge in [-0.2, -0.15) is 0 Å². The Morgan fingerprint density at radius 1 is 1.13 bits per heavy atom. The van der Waals surface area contributed by atoms with Gasteiger partial charge in [-0.25, -0.2) is 0 Å². The fourth-order valence-corrected chi connectivity index (χ4v) is 3.61. The number of rotatable bonds is 8. The minimum absolute atomic E-state index is 0.00753. The molecule has 2 amide bonds. The van der Waals surface area contributed by atoms with E-state index in [2.05, 4.69) is 11.9 Å². The molecule has 0 saturated carbocycles. The van der Waals surface area contributed by atoms with Crippen molar-refractivity contribution in [2.45, 2.75) is 19.4 Å². The molecule has 1 aliphatic rings. The lowest BCUT2D eigenvalue weighted by Gasteiger charge is -2.16. The Morgan fingerprint density at radius 2 is 1.90 bits per heavy atom. The van der Waals surface area contributed by atoms with E-state index < -0.39 is 17.6 Å². The van der Waals surface area contributed by atoms with E-state index in [1.807, 2.05) is 6.07 Å². The maximum absolute atomic E-state index is 12.5. The van der Waals surface area contributed by atoms with Crippen LogP contribution in [0.1, 0.15) is 23.1 Å². The van der Waals surface area contributed by atoms with Crippen molar-refractivity contribution in [3.63, 3.8) is 0 Å². The SMILES string of the molecule is C=C(O)c1cccc(CN2CC(C(=O)NCCCc3ccc(Cl)c(Cl)c3)=C(O)C2=O)c1. The van der Waals surface area contributed by atoms with E-state index >= 15 is 0 Å². The van der Waals surface area contributed by atoms with E-state index in [4.69, 9.17) is 23.2 Å². The molecule has 0 radical (unpaired) electrons. The molecule has 6 nitrogen and oxygen atoms in total. The number of nitrogens with zero attached hydrogens (tertiary/aromatic N) is 1. The molecule has 0 fully saturated rings. The fourth-order valence-electron chi connectivity index (χ4n) is 3.29. The molecule has 0 unspecified atom stereocenters. The van der Waals surface area contributed by atoms with Crippen LogP contribution in [0.2, 0.25) is 10.0 Å². The number of aliphatic hydroxyl groups is 2. The standard InChI is InChI=1S/C23H22Cl2N2O4/c1-14(28)17-6-2-4-16(10-17)12-27-13-18(21(29)23(27)31)22(30)26-9-3-5-15-7-8-19(24)20(25)11-15/h2,4,6-8,10-11,28-29H,1,3,5,9,12-13H2,(H,26,30). The summed E-state index contributed by atoms with van der Waals surface area (Å²) < 4.78 is 0. The van der Waals surface area contributed by atoms with Crippen molar-refractivity contribution >= 4 is 40.8 Å². The van der Waals surface area contributed by atoms with E-state index in [1.165, 1.54) is 4.90 Å². The van der Waals surface area contributed by atoms with Crippen LogP contribution in [0.3, 0.4) is 0 Å². The van der Waals surface area contributed by atoms with Crippen LogP contribution in [0, 0.1) is 0 Å². The molecular weight excluding hydrogens is 439 g/mol. The number of hydrogen-bond acceptors (Lipinski definition) is 4. The molecule has 162 valence electrons. The fraction of sp³-hybridized carbons (Fsp3) is 0.217. The largest absolute Gasteiger partial charge is 0.508 e. The lowest BCUT2D eigenvalue weighted by molar-refractivity contribution is -0.128. The summed E-state index contributed by atoms with van der Waals surface area (Å²) in [6.45, 7) is 4.06. The topological polar surface area (TPSA) is 89.9 Å². The van der Waals surface area contributed by atoms with Gasteiger partial charge in [0.2, 0.25) is 0 Å². The summed E-state index contributed by atoms with van der Waals surface area (Å²) in [5.41, 5.74) is 2.33. The average molecular weight is 461 g/mol. The molecule has 0 saturated heterocycles. The van der Waals surface area contributed by atoms with Crippen LogP contribution < -0.4 is 5.32 Å². The third-order valence-corrected chi connectivity index (χ3v) is 5.68. The second-order valence-corrected chi connectivity index (χ2v) is 8.06. The summed E-state index contributed by atoms with van der Waals surface area (Å²) in [6, 6.07) is 12.3. The lowest BCUT2D eigenvalue weighted by Crippen LogP contribution is -2.30. The van der Waals surface area contributed by atoms with E-state index in [0.717, 1.165) is 11.1 Å². The Morgan fingerprint density at radius 3 is 2.61 bits per heavy atom. The monoisotopic (exact) mass is 460 g/mol. The van der Waals surface area contributed by atoms with Crippen LogP contribution in [0.25, 0.3) is 5.76 Å². The minimum Gasteiger partial charge on any atom is -0.508 e. The molecule has 1 heterocycles. The van der Waals surface area contributed by atoms with Crippen molar-refractivity contribution in [2.24, 2.45) is 0 Å². The summed E-state index contributed by atoms with van der Waals surface area (Å²) >= 11 is 11.9. The quantitative estimate of drug-likeness (QED) is 0.401. The number of aliphatic hydroxyl groups excluding tert-OH is 2. The smallest absolute Gasteiger partial charge is 0.289 e. The van der Waals surface area contributed by atoms with Gasteiger partial charge in [0.15, 0.2) is 5.76 Å². The minimum atomic E-state index is -0.603. The zero-order chi connectivity index (χ0) is 22.5. The summed E-state index contributed by atoms with van der Waals surface area (Å²) in [5, 5.41) is 23.4. The van der Waals surface area contributed by atoms with Gasteiger partial charge in [-0.1, -0.05) is 54.0 Å². The van der Waals surface area contributed by atoms with Gasteiger partial charge in [0.05, 0.1) is 22.2 Å². The molecule has 0 atom stereocenters. The number of halogens is 2. The van der Waals surface area contributed by atoms with E-state index in [9.17, 15) is 19.8 Å². The molecular formula is C23H22Cl2N2O4. The maximum Gasteiger partial charge on any atom is 0.289 e. The van der Waals surface area contributed by atoms with E-state index in [1.54, 1.807) is 36.4 Å². The summed E-state index contributed by atoms with van der Waals surface area (Å²) in [4.78, 5) is 26.2. The van der Waals surface area contributed by atoms with E-state index in [-0.39, 0.29) is 24.4 Å². The first-order valence-electron chi connectivity index (χ1n) is 9.67. The van der Waals surface area contributed by atoms with Crippen LogP contribution in [0.15, 0.2) is 60.4 Å². The number of hydrogen-bond donors (Lipinski definition) is 3. The second-order valence-electron chi connectivity index (χ2n) is 7.24. The highest BCUT2D eigenvalue weighted by Crippen LogP contribution is 2.23. The first kappa shape index (κ1) is 22.7. The normalized spacial score (nSPS) is 13.6. The highest BCUT2D eigenvalue weighted by molar-refractivity contribution is 6.42. The Balaban J connectivity index is 1.53. The van der Waals surface area contributed by atoms with Crippen LogP contribution in [-0.2, 0) is 22.6 Å². The first-order chi connectivity index (χ1) is 14.8. The number of carbonyl (C=O) groups is 2. The van der Waals surface area contributed by atoms with Gasteiger partial charge in [-0.3, -0.25) is 9.59 Å². The Labute approximate surface area is 190 Å². The summed E-state index contributed by atoms with van der Waals surface area (Å²) in [7, 11) is 0. The van der Waals surface area contributed by atoms with Gasteiger partial charge in [-0.15, -0.1) is 0 Å². The van der Waals surface area contributed by atoms with Crippen molar-refractivity contribution in [3.05, 3.63) is 87.1 Å². The molecule has 0 aliphatic carbocycles. The molecule has 0 spiro atoms. The third-order valence-electron chi connectivity index (χ3n) is 4.94. The van der Waals surface area contributed by atoms with Crippen LogP contribution in [-0.4, -0.2) is 40.0 Å². The molecule has 3 rings (SSSR count). The Bertz CT molecular complexity index is 1070. The van der Waals surface area contributed by atoms with Crippen molar-refractivity contribution in [1.82, 2.24) is 10.2 Å². The second kappa shape index (κ2) is 9.90. The van der Waals surface area contributed by atoms with Gasteiger partial charge in [0.25, 0.3) is 11.8 Å². The summed E-state index contributed by atoms with van der Waals surface area (Å²) in [5.74, 6) is -1.68. The van der Waals surface area contributed by atoms with Crippen molar-refractivity contribution in [3.8, 4) is 0 Å². The Kier molecular flexibility index (Phi) is 7.25. The van der Waals surface area contributed by atoms with Crippen molar-refractivity contribution < 1.29 is 19.8 Å². The highest BCUT2D eigenvalue weighted by atomic mass is 35.5. The molecule has 0 bridgehead atoms. The van der Waals surface area contributed by atoms with Crippen molar-refractivity contribution in [2.75, 3.05) is 13.1 Å². The highest BCUT2D eigenvalue weighted by Gasteiger charge is 2.33. The lowest BCUT2D eigenvalue weighted by atomic mass is 10.1. The van der Waals surface area contributed by atoms with Gasteiger partial charge >= 0.3 is 0 Å². The number of benzene rings is 2. The number of amides is 2. The van der Waals surface area contributed by atoms with Gasteiger partial charge in [0.1, 0.15) is 5.76 Å². The number of aryl methyl sites for hydroxylation is 1. The molecule has 31 heavy (non-hydrogen) atoms. The van der Waals surface area contributed by atoms with Gasteiger partial charge in [-0.05, 0) is 42.2 Å². The molecule has 2 aromatic rings. The molecule has 0 aromatic heterocycles. The zero-order valence-electron chi connectivity index (χ0n) is 16.7. The molecule has 3 N–H and O–H groups in total. The predicted octanol–water partition coefficient (Wildman–Crippen LogP) is 4.43. The number of nitrogens with one attached hydrogen (secondary N) is 1. The van der Waals surface area contributed by atoms with Gasteiger partial charge in [0, 0.05) is 18.7 Å². The maximum atomic E-state index is 12.5. The number of carbonyl (C=O) groups excluding carboxylic acids is 2. The molecule has 1 aliphatic heterocycles. The molecule has 8 heteroatoms. The predicted molar refractivity (Wildman–Crippen MR) is 121 cm³/mol. The summed E-state index contributed by atoms with van der Waals surface area (Å²) in [6.07, 6.45) is 1.35. The third kappa shape index (κ3) is 5.60. The van der Waals surface area contributed by atoms with Crippen LogP contribution in [0.4, 0.5) is 0 Å². The molecule has 2 aromatic carbocycles. The van der Waals surface area contributed by atoms with Gasteiger partial charge < -0.3 is 20.4 Å². The average Bonchev–Trinajstić information content (AvgIpc) is 3.02. The van der Waals surface area contributed by atoms with Crippen LogP contribution in [0.5, 0.6) is 0 Å². The van der Waals surface area contributed by atoms with Crippen LogP contribution >= 0.6 is 23.2 Å². The first-order valence-corrected chi connectivity index (χ1v) is 10.4. The van der Waals surface area contributed by atoms with Crippen molar-refractivity contribution in [1.29, 1.82) is 0 Å².